The minimum Gasteiger partial charge on any atom is -0.480 e. The summed E-state index contributed by atoms with van der Waals surface area (Å²) in [7, 11) is 0. The normalized spacial score (nSPS) is 13.7. The topological polar surface area (TPSA) is 151 Å². The Balaban J connectivity index is 3.23. The molecule has 0 saturated heterocycles. The predicted octanol–water partition coefficient (Wildman–Crippen LogP) is 2.23. The minimum atomic E-state index is -1.35. The molecule has 0 heterocycles. The first kappa shape index (κ1) is 24.9. The molecule has 0 aliphatic heterocycles. The van der Waals surface area contributed by atoms with E-state index >= 15 is 0 Å². The monoisotopic (exact) mass is 425 g/mol. The van der Waals surface area contributed by atoms with Gasteiger partial charge < -0.3 is 29.8 Å². The summed E-state index contributed by atoms with van der Waals surface area (Å²) in [5, 5.41) is 9.44. The van der Waals surface area contributed by atoms with Gasteiger partial charge in [-0.15, -0.1) is 0 Å². The fraction of sp³-hybridized carbons (Fsp3) is 0.500. The van der Waals surface area contributed by atoms with E-state index in [0.717, 1.165) is 0 Å². The second-order valence-corrected chi connectivity index (χ2v) is 6.99. The first-order valence-corrected chi connectivity index (χ1v) is 9.24. The molecule has 0 fully saturated rings. The van der Waals surface area contributed by atoms with Crippen molar-refractivity contribution >= 4 is 24.1 Å². The Morgan fingerprint density at radius 3 is 2.07 bits per heavy atom. The van der Waals surface area contributed by atoms with Gasteiger partial charge in [-0.05, 0) is 37.5 Å². The number of nitrogens with two attached hydrogens (primary N) is 1. The van der Waals surface area contributed by atoms with Crippen LogP contribution in [0.2, 0.25) is 0 Å². The molecule has 0 aliphatic rings. The van der Waals surface area contributed by atoms with Crippen LogP contribution in [0.5, 0.6) is 11.5 Å². The molecule has 1 aromatic carbocycles. The van der Waals surface area contributed by atoms with Crippen LogP contribution in [0.4, 0.5) is 4.79 Å². The Morgan fingerprint density at radius 1 is 1.00 bits per heavy atom. The number of carbonyl (C=O) groups excluding carboxylic acids is 3. The van der Waals surface area contributed by atoms with Crippen LogP contribution in [-0.2, 0) is 23.9 Å². The van der Waals surface area contributed by atoms with Crippen LogP contribution < -0.4 is 15.2 Å². The van der Waals surface area contributed by atoms with Gasteiger partial charge in [0.05, 0.1) is 12.7 Å². The van der Waals surface area contributed by atoms with Gasteiger partial charge in [-0.25, -0.2) is 4.79 Å². The maximum Gasteiger partial charge on any atom is 0.508 e. The Kier molecular flexibility index (Phi) is 9.25. The predicted molar refractivity (Wildman–Crippen MR) is 104 cm³/mol. The van der Waals surface area contributed by atoms with E-state index < -0.39 is 41.9 Å². The number of carboxylic acids is 1. The first-order valence-electron chi connectivity index (χ1n) is 9.24. The molecule has 10 heteroatoms. The lowest BCUT2D eigenvalue weighted by atomic mass is 9.82. The average molecular weight is 425 g/mol. The van der Waals surface area contributed by atoms with E-state index in [4.69, 9.17) is 24.7 Å². The second-order valence-electron chi connectivity index (χ2n) is 6.99. The highest BCUT2D eigenvalue weighted by molar-refractivity contribution is 5.76. The summed E-state index contributed by atoms with van der Waals surface area (Å²) in [6.07, 6.45) is -1.25. The minimum absolute atomic E-state index is 0.00601. The molecule has 30 heavy (non-hydrogen) atoms. The third-order valence-corrected chi connectivity index (χ3v) is 3.94. The summed E-state index contributed by atoms with van der Waals surface area (Å²) < 4.78 is 20.1. The average Bonchev–Trinajstić information content (AvgIpc) is 2.60. The molecule has 0 bridgehead atoms. The van der Waals surface area contributed by atoms with E-state index in [1.54, 1.807) is 20.8 Å². The summed E-state index contributed by atoms with van der Waals surface area (Å²) in [6, 6.07) is 2.89. The van der Waals surface area contributed by atoms with Gasteiger partial charge in [-0.2, -0.15) is 0 Å². The zero-order valence-corrected chi connectivity index (χ0v) is 17.5. The van der Waals surface area contributed by atoms with Crippen LogP contribution in [0.1, 0.15) is 46.1 Å². The van der Waals surface area contributed by atoms with Gasteiger partial charge in [0.2, 0.25) is 0 Å². The van der Waals surface area contributed by atoms with Crippen molar-refractivity contribution in [2.75, 3.05) is 6.61 Å². The number of rotatable bonds is 9. The van der Waals surface area contributed by atoms with Crippen molar-refractivity contribution in [1.29, 1.82) is 0 Å². The van der Waals surface area contributed by atoms with Crippen molar-refractivity contribution in [1.82, 2.24) is 0 Å². The number of benzene rings is 1. The molecular weight excluding hydrogens is 398 g/mol. The Hall–Kier alpha value is -3.14. The van der Waals surface area contributed by atoms with Crippen molar-refractivity contribution in [3.63, 3.8) is 0 Å². The zero-order chi connectivity index (χ0) is 23.0. The molecular formula is C20H27NO9. The highest BCUT2D eigenvalue weighted by Gasteiger charge is 2.32. The first-order chi connectivity index (χ1) is 13.9. The van der Waals surface area contributed by atoms with Crippen molar-refractivity contribution in [2.24, 2.45) is 11.7 Å². The van der Waals surface area contributed by atoms with Gasteiger partial charge in [-0.1, -0.05) is 13.0 Å². The van der Waals surface area contributed by atoms with Crippen LogP contribution >= 0.6 is 0 Å². The van der Waals surface area contributed by atoms with E-state index in [9.17, 15) is 24.3 Å². The van der Waals surface area contributed by atoms with E-state index in [0.29, 0.717) is 5.56 Å². The van der Waals surface area contributed by atoms with Gasteiger partial charge in [-0.3, -0.25) is 14.4 Å². The van der Waals surface area contributed by atoms with Crippen LogP contribution in [0, 0.1) is 5.92 Å². The third-order valence-electron chi connectivity index (χ3n) is 3.94. The van der Waals surface area contributed by atoms with E-state index in [1.807, 2.05) is 0 Å². The molecule has 1 aromatic rings. The van der Waals surface area contributed by atoms with Crippen LogP contribution in [-0.4, -0.2) is 47.9 Å². The molecule has 3 atom stereocenters. The largest absolute Gasteiger partial charge is 0.508 e. The van der Waals surface area contributed by atoms with Gasteiger partial charge in [0, 0.05) is 19.8 Å². The molecule has 0 radical (unpaired) electrons. The lowest BCUT2D eigenvalue weighted by Crippen LogP contribution is -2.40. The Labute approximate surface area is 174 Å². The lowest BCUT2D eigenvalue weighted by molar-refractivity contribution is -0.139. The van der Waals surface area contributed by atoms with Crippen LogP contribution in [0.3, 0.4) is 0 Å². The number of hydrogen-bond donors (Lipinski definition) is 2. The summed E-state index contributed by atoms with van der Waals surface area (Å²) >= 11 is 0. The zero-order valence-electron chi connectivity index (χ0n) is 17.5. The van der Waals surface area contributed by atoms with Crippen molar-refractivity contribution in [2.45, 2.75) is 52.7 Å². The fourth-order valence-corrected chi connectivity index (χ4v) is 2.78. The standard InChI is InChI=1S/C20H27NO9/c1-10(2)28-20(26)27-9-11(3)17(18(21)19(24)25)14-6-7-15(29-12(4)22)16(8-14)30-13(5)23/h6-8,10-11,17-18H,9,21H2,1-5H3,(H,24,25)/t11?,17?,18-/m0/s1. The van der Waals surface area contributed by atoms with Crippen LogP contribution in [0.15, 0.2) is 18.2 Å². The molecule has 0 amide bonds. The van der Waals surface area contributed by atoms with Gasteiger partial charge in [0.1, 0.15) is 6.04 Å². The molecule has 3 N–H and O–H groups in total. The van der Waals surface area contributed by atoms with Crippen molar-refractivity contribution < 1.29 is 43.2 Å². The number of carbonyl (C=O) groups is 4. The molecule has 2 unspecified atom stereocenters. The summed E-state index contributed by atoms with van der Waals surface area (Å²) in [4.78, 5) is 45.9. The number of aliphatic carboxylic acids is 1. The highest BCUT2D eigenvalue weighted by atomic mass is 16.7. The molecule has 0 spiro atoms. The van der Waals surface area contributed by atoms with E-state index in [1.165, 1.54) is 32.0 Å². The molecule has 0 aromatic heterocycles. The molecule has 10 nitrogen and oxygen atoms in total. The van der Waals surface area contributed by atoms with E-state index in [-0.39, 0.29) is 24.2 Å². The summed E-state index contributed by atoms with van der Waals surface area (Å²) in [5.74, 6) is -3.99. The van der Waals surface area contributed by atoms with Gasteiger partial charge >= 0.3 is 24.1 Å². The summed E-state index contributed by atoms with van der Waals surface area (Å²) in [6.45, 7) is 7.17. The maximum absolute atomic E-state index is 11.6. The number of carboxylic acid groups (broad SMARTS) is 1. The second kappa shape index (κ2) is 11.1. The molecule has 166 valence electrons. The SMILES string of the molecule is CC(=O)Oc1ccc(C(C(C)COC(=O)OC(C)C)[C@H](N)C(=O)O)cc1OC(C)=O. The van der Waals surface area contributed by atoms with Crippen LogP contribution in [0.25, 0.3) is 0 Å². The highest BCUT2D eigenvalue weighted by Crippen LogP contribution is 2.35. The lowest BCUT2D eigenvalue weighted by Gasteiger charge is -2.28. The quantitative estimate of drug-likeness (QED) is 0.445. The Bertz CT molecular complexity index is 790. The number of esters is 2. The number of ether oxygens (including phenoxy) is 4. The fourth-order valence-electron chi connectivity index (χ4n) is 2.78. The van der Waals surface area contributed by atoms with E-state index in [2.05, 4.69) is 0 Å². The molecule has 0 aliphatic carbocycles. The number of hydrogen-bond acceptors (Lipinski definition) is 9. The van der Waals surface area contributed by atoms with Crippen molar-refractivity contribution in [3.05, 3.63) is 23.8 Å². The maximum atomic E-state index is 11.6. The summed E-state index contributed by atoms with van der Waals surface area (Å²) in [5.41, 5.74) is 6.28. The van der Waals surface area contributed by atoms with Gasteiger partial charge in [0.15, 0.2) is 11.5 Å². The van der Waals surface area contributed by atoms with Gasteiger partial charge in [0.25, 0.3) is 0 Å². The smallest absolute Gasteiger partial charge is 0.480 e. The molecule has 1 rings (SSSR count). The van der Waals surface area contributed by atoms with Crippen molar-refractivity contribution in [3.8, 4) is 11.5 Å². The molecule has 0 saturated carbocycles. The Morgan fingerprint density at radius 2 is 1.57 bits per heavy atom. The third kappa shape index (κ3) is 7.70.